The van der Waals surface area contributed by atoms with Crippen LogP contribution in [0.2, 0.25) is 0 Å². The Morgan fingerprint density at radius 3 is 1.60 bits per heavy atom. The molecule has 0 aliphatic heterocycles. The molecule has 3 heteroatoms. The highest BCUT2D eigenvalue weighted by atomic mass is 32.1. The summed E-state index contributed by atoms with van der Waals surface area (Å²) in [6.07, 6.45) is 0. The molecule has 0 saturated heterocycles. The molecule has 0 N–H and O–H groups in total. The maximum absolute atomic E-state index is 6.76. The highest BCUT2D eigenvalue weighted by Crippen LogP contribution is 2.49. The standard InChI is InChI=1S/C52H30O2S/c1-3-14-31(15-4-1)49-42-30-44-41(29-45(42)54-52(49)32-16-5-2-6-17-32)40-28-33(26-27-43(40)53-44)48-34-18-7-9-20-36(34)50(37-21-10-8-19-35(37)48)39-23-13-25-47-51(39)38-22-11-12-24-46(38)55-47/h1-30H. The molecule has 3 heterocycles. The monoisotopic (exact) mass is 718 g/mol. The molecule has 0 aliphatic carbocycles. The second-order valence-corrected chi connectivity index (χ2v) is 15.4. The Morgan fingerprint density at radius 1 is 0.309 bits per heavy atom. The summed E-state index contributed by atoms with van der Waals surface area (Å²) in [5, 5.41) is 10.7. The van der Waals surface area contributed by atoms with Gasteiger partial charge in [0.1, 0.15) is 22.5 Å². The molecule has 0 saturated carbocycles. The molecule has 2 nitrogen and oxygen atoms in total. The summed E-state index contributed by atoms with van der Waals surface area (Å²) in [6.45, 7) is 0. The summed E-state index contributed by atoms with van der Waals surface area (Å²) in [4.78, 5) is 0. The molecule has 0 bridgehead atoms. The average Bonchev–Trinajstić information content (AvgIpc) is 3.93. The highest BCUT2D eigenvalue weighted by molar-refractivity contribution is 7.26. The van der Waals surface area contributed by atoms with Crippen molar-refractivity contribution in [2.75, 3.05) is 0 Å². The molecule has 0 unspecified atom stereocenters. The molecule has 12 aromatic rings. The van der Waals surface area contributed by atoms with E-state index in [-0.39, 0.29) is 0 Å². The van der Waals surface area contributed by atoms with Crippen molar-refractivity contribution in [2.45, 2.75) is 0 Å². The number of thiophene rings is 1. The van der Waals surface area contributed by atoms with Crippen molar-refractivity contribution in [3.8, 4) is 44.7 Å². The third-order valence-corrected chi connectivity index (χ3v) is 12.4. The highest BCUT2D eigenvalue weighted by Gasteiger charge is 2.23. The number of rotatable bonds is 4. The second-order valence-electron chi connectivity index (χ2n) is 14.3. The van der Waals surface area contributed by atoms with E-state index < -0.39 is 0 Å². The van der Waals surface area contributed by atoms with E-state index >= 15 is 0 Å². The molecular weight excluding hydrogens is 689 g/mol. The van der Waals surface area contributed by atoms with Crippen molar-refractivity contribution in [2.24, 2.45) is 0 Å². The van der Waals surface area contributed by atoms with Crippen molar-refractivity contribution >= 4 is 86.0 Å². The molecule has 0 spiro atoms. The van der Waals surface area contributed by atoms with Crippen molar-refractivity contribution < 1.29 is 8.83 Å². The lowest BCUT2D eigenvalue weighted by atomic mass is 9.85. The van der Waals surface area contributed by atoms with Gasteiger partial charge in [-0.15, -0.1) is 11.3 Å². The summed E-state index contributed by atoms with van der Waals surface area (Å²) < 4.78 is 16.0. The Hall–Kier alpha value is -6.94. The van der Waals surface area contributed by atoms with Crippen LogP contribution in [0.4, 0.5) is 0 Å². The Kier molecular flexibility index (Phi) is 6.54. The number of hydrogen-bond acceptors (Lipinski definition) is 3. The van der Waals surface area contributed by atoms with E-state index in [1.165, 1.54) is 58.4 Å². The zero-order valence-corrected chi connectivity index (χ0v) is 30.4. The maximum atomic E-state index is 6.76. The zero-order chi connectivity index (χ0) is 36.0. The molecule has 0 fully saturated rings. The Labute approximate surface area is 320 Å². The van der Waals surface area contributed by atoms with E-state index in [4.69, 9.17) is 8.83 Å². The van der Waals surface area contributed by atoms with Crippen LogP contribution in [-0.4, -0.2) is 0 Å². The van der Waals surface area contributed by atoms with E-state index in [2.05, 4.69) is 176 Å². The van der Waals surface area contributed by atoms with E-state index in [1.54, 1.807) is 0 Å². The van der Waals surface area contributed by atoms with Crippen LogP contribution in [0.1, 0.15) is 0 Å². The van der Waals surface area contributed by atoms with Gasteiger partial charge in [0, 0.05) is 47.5 Å². The predicted molar refractivity (Wildman–Crippen MR) is 233 cm³/mol. The van der Waals surface area contributed by atoms with Crippen LogP contribution in [-0.2, 0) is 0 Å². The van der Waals surface area contributed by atoms with Gasteiger partial charge in [-0.1, -0.05) is 146 Å². The first kappa shape index (κ1) is 30.5. The van der Waals surface area contributed by atoms with Gasteiger partial charge in [-0.05, 0) is 85.8 Å². The lowest BCUT2D eigenvalue weighted by Crippen LogP contribution is -1.91. The van der Waals surface area contributed by atoms with E-state index in [9.17, 15) is 0 Å². The fraction of sp³-hybridized carbons (Fsp3) is 0. The zero-order valence-electron chi connectivity index (χ0n) is 29.5. The van der Waals surface area contributed by atoms with Gasteiger partial charge in [-0.3, -0.25) is 0 Å². The maximum Gasteiger partial charge on any atom is 0.143 e. The second kappa shape index (κ2) is 11.8. The van der Waals surface area contributed by atoms with Crippen molar-refractivity contribution in [1.82, 2.24) is 0 Å². The molecule has 0 amide bonds. The van der Waals surface area contributed by atoms with Crippen LogP contribution < -0.4 is 0 Å². The number of benzene rings is 9. The summed E-state index contributed by atoms with van der Waals surface area (Å²) in [5.74, 6) is 0.864. The normalized spacial score (nSPS) is 12.0. The van der Waals surface area contributed by atoms with Gasteiger partial charge in [0.2, 0.25) is 0 Å². The molecule has 9 aromatic carbocycles. The Balaban J connectivity index is 1.11. The summed E-state index contributed by atoms with van der Waals surface area (Å²) in [6, 6.07) is 65.3. The average molecular weight is 719 g/mol. The summed E-state index contributed by atoms with van der Waals surface area (Å²) >= 11 is 1.87. The first-order chi connectivity index (χ1) is 27.3. The lowest BCUT2D eigenvalue weighted by molar-refractivity contribution is 0.632. The number of fused-ring (bicyclic) bond motifs is 9. The minimum atomic E-state index is 0.841. The summed E-state index contributed by atoms with van der Waals surface area (Å²) in [5.41, 5.74) is 10.7. The van der Waals surface area contributed by atoms with Crippen LogP contribution in [0.15, 0.2) is 191 Å². The molecule has 0 aliphatic rings. The molecule has 12 rings (SSSR count). The van der Waals surface area contributed by atoms with E-state index in [0.717, 1.165) is 60.9 Å². The Bertz CT molecular complexity index is 3420. The molecule has 0 radical (unpaired) electrons. The van der Waals surface area contributed by atoms with Gasteiger partial charge in [0.25, 0.3) is 0 Å². The van der Waals surface area contributed by atoms with Gasteiger partial charge in [-0.2, -0.15) is 0 Å². The van der Waals surface area contributed by atoms with E-state index in [1.807, 2.05) is 17.4 Å². The van der Waals surface area contributed by atoms with Gasteiger partial charge in [0.15, 0.2) is 0 Å². The SMILES string of the molecule is c1ccc(-c2oc3cc4c(cc3c2-c2ccccc2)oc2ccc(-c3c5ccccc5c(-c5cccc6sc7ccccc7c56)c5ccccc35)cc24)cc1. The van der Waals surface area contributed by atoms with Crippen molar-refractivity contribution in [1.29, 1.82) is 0 Å². The van der Waals surface area contributed by atoms with Crippen molar-refractivity contribution in [3.05, 3.63) is 182 Å². The van der Waals surface area contributed by atoms with Gasteiger partial charge in [0.05, 0.1) is 0 Å². The van der Waals surface area contributed by atoms with Crippen LogP contribution in [0.25, 0.3) is 119 Å². The number of hydrogen-bond donors (Lipinski definition) is 0. The third-order valence-electron chi connectivity index (χ3n) is 11.3. The van der Waals surface area contributed by atoms with Crippen LogP contribution >= 0.6 is 11.3 Å². The van der Waals surface area contributed by atoms with Crippen LogP contribution in [0.3, 0.4) is 0 Å². The minimum Gasteiger partial charge on any atom is -0.456 e. The summed E-state index contributed by atoms with van der Waals surface area (Å²) in [7, 11) is 0. The minimum absolute atomic E-state index is 0.841. The van der Waals surface area contributed by atoms with Crippen molar-refractivity contribution in [3.63, 3.8) is 0 Å². The fourth-order valence-corrected chi connectivity index (χ4v) is 10.1. The van der Waals surface area contributed by atoms with Gasteiger partial charge >= 0.3 is 0 Å². The first-order valence-electron chi connectivity index (χ1n) is 18.7. The molecule has 256 valence electrons. The van der Waals surface area contributed by atoms with Crippen LogP contribution in [0, 0.1) is 0 Å². The van der Waals surface area contributed by atoms with Crippen LogP contribution in [0.5, 0.6) is 0 Å². The topological polar surface area (TPSA) is 26.3 Å². The molecule has 0 atom stereocenters. The Morgan fingerprint density at radius 2 is 0.873 bits per heavy atom. The molecule has 55 heavy (non-hydrogen) atoms. The lowest BCUT2D eigenvalue weighted by Gasteiger charge is -2.18. The molecular formula is C52H30O2S. The predicted octanol–water partition coefficient (Wildman–Crippen LogP) is 15.7. The third kappa shape index (κ3) is 4.54. The largest absolute Gasteiger partial charge is 0.456 e. The van der Waals surface area contributed by atoms with Gasteiger partial charge < -0.3 is 8.83 Å². The quantitative estimate of drug-likeness (QED) is 0.169. The van der Waals surface area contributed by atoms with E-state index in [0.29, 0.717) is 0 Å². The van der Waals surface area contributed by atoms with Gasteiger partial charge in [-0.25, -0.2) is 0 Å². The molecule has 3 aromatic heterocycles. The fourth-order valence-electron chi connectivity index (χ4n) is 8.92. The first-order valence-corrected chi connectivity index (χ1v) is 19.5. The smallest absolute Gasteiger partial charge is 0.143 e. The number of furan rings is 2.